The van der Waals surface area contributed by atoms with Crippen LogP contribution in [0.5, 0.6) is 0 Å². The highest BCUT2D eigenvalue weighted by Gasteiger charge is 2.19. The molecule has 1 aromatic carbocycles. The fourth-order valence-corrected chi connectivity index (χ4v) is 1.92. The van der Waals surface area contributed by atoms with Crippen LogP contribution in [-0.4, -0.2) is 12.6 Å². The van der Waals surface area contributed by atoms with Gasteiger partial charge in [0.2, 0.25) is 0 Å². The van der Waals surface area contributed by atoms with Crippen LogP contribution in [0.25, 0.3) is 0 Å². The van der Waals surface area contributed by atoms with Crippen molar-refractivity contribution in [3.8, 4) is 0 Å². The molecular formula is C16H27NO. The maximum absolute atomic E-state index is 6.06. The van der Waals surface area contributed by atoms with Gasteiger partial charge in [-0.3, -0.25) is 0 Å². The van der Waals surface area contributed by atoms with Gasteiger partial charge in [0.1, 0.15) is 0 Å². The first-order valence-electron chi connectivity index (χ1n) is 6.74. The third kappa shape index (κ3) is 4.79. The van der Waals surface area contributed by atoms with Gasteiger partial charge in [0.15, 0.2) is 0 Å². The molecule has 0 bridgehead atoms. The molecule has 0 spiro atoms. The van der Waals surface area contributed by atoms with E-state index in [0.29, 0.717) is 5.41 Å². The molecule has 0 heterocycles. The highest BCUT2D eigenvalue weighted by Crippen LogP contribution is 2.26. The van der Waals surface area contributed by atoms with E-state index >= 15 is 0 Å². The monoisotopic (exact) mass is 249 g/mol. The van der Waals surface area contributed by atoms with E-state index in [0.717, 1.165) is 13.0 Å². The van der Waals surface area contributed by atoms with E-state index in [1.54, 1.807) is 0 Å². The van der Waals surface area contributed by atoms with Crippen LogP contribution in [0, 0.1) is 12.3 Å². The SMILES string of the molecule is Cc1ccccc1C(OCCC(C)(C)C)C(C)N. The molecule has 0 saturated carbocycles. The summed E-state index contributed by atoms with van der Waals surface area (Å²) in [5.74, 6) is 0. The van der Waals surface area contributed by atoms with Crippen LogP contribution < -0.4 is 5.73 Å². The van der Waals surface area contributed by atoms with Crippen molar-refractivity contribution in [3.63, 3.8) is 0 Å². The molecule has 0 aromatic heterocycles. The molecule has 0 aliphatic carbocycles. The van der Waals surface area contributed by atoms with E-state index in [1.165, 1.54) is 11.1 Å². The van der Waals surface area contributed by atoms with Crippen LogP contribution in [0.3, 0.4) is 0 Å². The second-order valence-corrected chi connectivity index (χ2v) is 6.32. The summed E-state index contributed by atoms with van der Waals surface area (Å²) < 4.78 is 6.02. The predicted octanol–water partition coefficient (Wildman–Crippen LogP) is 3.84. The van der Waals surface area contributed by atoms with Crippen LogP contribution in [-0.2, 0) is 4.74 Å². The second kappa shape index (κ2) is 6.35. The second-order valence-electron chi connectivity index (χ2n) is 6.32. The first-order valence-corrected chi connectivity index (χ1v) is 6.74. The van der Waals surface area contributed by atoms with Gasteiger partial charge in [0.25, 0.3) is 0 Å². The van der Waals surface area contributed by atoms with Crippen molar-refractivity contribution in [2.75, 3.05) is 6.61 Å². The van der Waals surface area contributed by atoms with Crippen LogP contribution >= 0.6 is 0 Å². The lowest BCUT2D eigenvalue weighted by molar-refractivity contribution is 0.0238. The summed E-state index contributed by atoms with van der Waals surface area (Å²) in [4.78, 5) is 0. The largest absolute Gasteiger partial charge is 0.372 e. The summed E-state index contributed by atoms with van der Waals surface area (Å²) >= 11 is 0. The Kier molecular flexibility index (Phi) is 5.36. The van der Waals surface area contributed by atoms with Gasteiger partial charge in [-0.1, -0.05) is 45.0 Å². The summed E-state index contributed by atoms with van der Waals surface area (Å²) in [6.45, 7) is 11.6. The van der Waals surface area contributed by atoms with Crippen LogP contribution in [0.15, 0.2) is 24.3 Å². The van der Waals surface area contributed by atoms with Crippen molar-refractivity contribution in [2.45, 2.75) is 53.2 Å². The van der Waals surface area contributed by atoms with Crippen LogP contribution in [0.2, 0.25) is 0 Å². The number of hydrogen-bond acceptors (Lipinski definition) is 2. The summed E-state index contributed by atoms with van der Waals surface area (Å²) in [7, 11) is 0. The average Bonchev–Trinajstić information content (AvgIpc) is 2.24. The van der Waals surface area contributed by atoms with Crippen molar-refractivity contribution in [2.24, 2.45) is 11.1 Å². The Hall–Kier alpha value is -0.860. The van der Waals surface area contributed by atoms with Gasteiger partial charge in [-0.25, -0.2) is 0 Å². The summed E-state index contributed by atoms with van der Waals surface area (Å²) in [6.07, 6.45) is 1.04. The van der Waals surface area contributed by atoms with Gasteiger partial charge in [-0.05, 0) is 36.8 Å². The number of aryl methyl sites for hydroxylation is 1. The average molecular weight is 249 g/mol. The molecule has 0 aliphatic heterocycles. The zero-order chi connectivity index (χ0) is 13.8. The Morgan fingerprint density at radius 3 is 2.33 bits per heavy atom. The normalized spacial score (nSPS) is 15.4. The van der Waals surface area contributed by atoms with Gasteiger partial charge >= 0.3 is 0 Å². The third-order valence-electron chi connectivity index (χ3n) is 3.12. The van der Waals surface area contributed by atoms with Gasteiger partial charge < -0.3 is 10.5 Å². The molecule has 2 heteroatoms. The molecule has 18 heavy (non-hydrogen) atoms. The van der Waals surface area contributed by atoms with Crippen molar-refractivity contribution in [3.05, 3.63) is 35.4 Å². The summed E-state index contributed by atoms with van der Waals surface area (Å²) in [6, 6.07) is 8.32. The predicted molar refractivity (Wildman–Crippen MR) is 77.6 cm³/mol. The zero-order valence-electron chi connectivity index (χ0n) is 12.4. The van der Waals surface area contributed by atoms with Gasteiger partial charge in [-0.15, -0.1) is 0 Å². The van der Waals surface area contributed by atoms with Gasteiger partial charge in [-0.2, -0.15) is 0 Å². The van der Waals surface area contributed by atoms with Crippen LogP contribution in [0.1, 0.15) is 51.3 Å². The summed E-state index contributed by atoms with van der Waals surface area (Å²) in [5, 5.41) is 0. The molecule has 2 nitrogen and oxygen atoms in total. The number of nitrogens with two attached hydrogens (primary N) is 1. The maximum Gasteiger partial charge on any atom is 0.0975 e. The highest BCUT2D eigenvalue weighted by atomic mass is 16.5. The Morgan fingerprint density at radius 1 is 1.22 bits per heavy atom. The standard InChI is InChI=1S/C16H27NO/c1-12-8-6-7-9-14(12)15(13(2)17)18-11-10-16(3,4)5/h6-9,13,15H,10-11,17H2,1-5H3. The quantitative estimate of drug-likeness (QED) is 0.860. The highest BCUT2D eigenvalue weighted by molar-refractivity contribution is 5.28. The smallest absolute Gasteiger partial charge is 0.0975 e. The lowest BCUT2D eigenvalue weighted by Crippen LogP contribution is -2.28. The van der Waals surface area contributed by atoms with Crippen molar-refractivity contribution < 1.29 is 4.74 Å². The minimum atomic E-state index is -0.00597. The van der Waals surface area contributed by atoms with Crippen molar-refractivity contribution in [1.82, 2.24) is 0 Å². The van der Waals surface area contributed by atoms with E-state index in [9.17, 15) is 0 Å². The number of rotatable bonds is 5. The Labute approximate surface area is 112 Å². The molecule has 0 aliphatic rings. The molecule has 0 fully saturated rings. The van der Waals surface area contributed by atoms with E-state index in [1.807, 2.05) is 19.1 Å². The van der Waals surface area contributed by atoms with Crippen molar-refractivity contribution in [1.29, 1.82) is 0 Å². The fraction of sp³-hybridized carbons (Fsp3) is 0.625. The molecule has 1 aromatic rings. The first kappa shape index (κ1) is 15.2. The molecule has 1 rings (SSSR count). The number of benzene rings is 1. The number of hydrogen-bond donors (Lipinski definition) is 1. The van der Waals surface area contributed by atoms with Gasteiger partial charge in [0, 0.05) is 12.6 Å². The zero-order valence-corrected chi connectivity index (χ0v) is 12.4. The van der Waals surface area contributed by atoms with E-state index in [4.69, 9.17) is 10.5 Å². The summed E-state index contributed by atoms with van der Waals surface area (Å²) in [5.41, 5.74) is 8.82. The van der Waals surface area contributed by atoms with Gasteiger partial charge in [0.05, 0.1) is 6.10 Å². The van der Waals surface area contributed by atoms with E-state index in [2.05, 4.69) is 39.8 Å². The first-order chi connectivity index (χ1) is 8.31. The third-order valence-corrected chi connectivity index (χ3v) is 3.12. The molecule has 2 atom stereocenters. The minimum Gasteiger partial charge on any atom is -0.372 e. The minimum absolute atomic E-state index is 0.00562. The molecule has 102 valence electrons. The fourth-order valence-electron chi connectivity index (χ4n) is 1.92. The molecular weight excluding hydrogens is 222 g/mol. The topological polar surface area (TPSA) is 35.2 Å². The van der Waals surface area contributed by atoms with E-state index in [-0.39, 0.29) is 12.1 Å². The lowest BCUT2D eigenvalue weighted by Gasteiger charge is -2.26. The molecule has 0 amide bonds. The Morgan fingerprint density at radius 2 is 1.83 bits per heavy atom. The van der Waals surface area contributed by atoms with Crippen LogP contribution in [0.4, 0.5) is 0 Å². The van der Waals surface area contributed by atoms with E-state index < -0.39 is 0 Å². The Balaban J connectivity index is 2.70. The van der Waals surface area contributed by atoms with Crippen molar-refractivity contribution >= 4 is 0 Å². The molecule has 0 saturated heterocycles. The lowest BCUT2D eigenvalue weighted by atomic mass is 9.93. The molecule has 0 radical (unpaired) electrons. The number of ether oxygens (including phenoxy) is 1. The Bertz CT molecular complexity index is 366. The molecule has 2 unspecified atom stereocenters. The molecule has 2 N–H and O–H groups in total. The maximum atomic E-state index is 6.06.